The van der Waals surface area contributed by atoms with E-state index in [2.05, 4.69) is 10.3 Å². The molecule has 0 spiro atoms. The molecule has 142 valence electrons. The molecule has 8 heteroatoms. The normalized spacial score (nSPS) is 13.2. The van der Waals surface area contributed by atoms with Gasteiger partial charge < -0.3 is 19.4 Å². The molecule has 1 aromatic heterocycles. The van der Waals surface area contributed by atoms with Crippen LogP contribution in [0.3, 0.4) is 0 Å². The minimum Gasteiger partial charge on any atom is -0.464 e. The lowest BCUT2D eigenvalue weighted by atomic mass is 10.0. The minimum atomic E-state index is -0.689. The zero-order chi connectivity index (χ0) is 19.0. The van der Waals surface area contributed by atoms with Gasteiger partial charge >= 0.3 is 12.0 Å². The number of aryl methyl sites for hydroxylation is 1. The third kappa shape index (κ3) is 6.62. The Bertz CT molecular complexity index is 649. The molecule has 0 aliphatic carbocycles. The van der Waals surface area contributed by atoms with E-state index in [1.165, 1.54) is 11.3 Å². The maximum absolute atomic E-state index is 12.3. The van der Waals surface area contributed by atoms with E-state index in [0.29, 0.717) is 24.4 Å². The van der Waals surface area contributed by atoms with Gasteiger partial charge in [-0.15, -0.1) is 11.3 Å². The molecule has 0 aliphatic heterocycles. The van der Waals surface area contributed by atoms with Crippen molar-refractivity contribution < 1.29 is 19.1 Å². The first-order valence-corrected chi connectivity index (χ1v) is 9.29. The molecule has 0 aliphatic rings. The van der Waals surface area contributed by atoms with Gasteiger partial charge in [0.05, 0.1) is 13.2 Å². The van der Waals surface area contributed by atoms with Crippen molar-refractivity contribution >= 4 is 23.3 Å². The molecule has 0 aromatic carbocycles. The van der Waals surface area contributed by atoms with Gasteiger partial charge in [-0.1, -0.05) is 13.8 Å². The fraction of sp³-hybridized carbons (Fsp3) is 0.706. The van der Waals surface area contributed by atoms with Gasteiger partial charge in [0.15, 0.2) is 4.80 Å². The molecule has 1 aromatic rings. The van der Waals surface area contributed by atoms with E-state index in [1.54, 1.807) is 14.0 Å². The van der Waals surface area contributed by atoms with E-state index < -0.39 is 18.0 Å². The average Bonchev–Trinajstić information content (AvgIpc) is 2.78. The number of amides is 2. The van der Waals surface area contributed by atoms with Gasteiger partial charge in [0.1, 0.15) is 6.04 Å². The SMILES string of the molecule is CCOC(=O)[C@@H](CC(C)C)NC(=O)N=c1sc(C)c(C)n1CCOC. The molecule has 0 bridgehead atoms. The molecular weight excluding hydrogens is 342 g/mol. The molecule has 0 fully saturated rings. The average molecular weight is 372 g/mol. The summed E-state index contributed by atoms with van der Waals surface area (Å²) in [6.45, 7) is 11.1. The fourth-order valence-corrected chi connectivity index (χ4v) is 3.32. The molecular formula is C17H29N3O4S. The molecule has 1 heterocycles. The number of nitrogens with one attached hydrogen (secondary N) is 1. The topological polar surface area (TPSA) is 81.9 Å². The van der Waals surface area contributed by atoms with Crippen LogP contribution < -0.4 is 10.1 Å². The molecule has 7 nitrogen and oxygen atoms in total. The smallest absolute Gasteiger partial charge is 0.344 e. The van der Waals surface area contributed by atoms with Crippen LogP contribution >= 0.6 is 11.3 Å². The second-order valence-electron chi connectivity index (χ2n) is 6.17. The summed E-state index contributed by atoms with van der Waals surface area (Å²) in [6, 6.07) is -1.23. The molecule has 1 N–H and O–H groups in total. The monoisotopic (exact) mass is 371 g/mol. The zero-order valence-electron chi connectivity index (χ0n) is 15.9. The second-order valence-corrected chi connectivity index (χ2v) is 7.35. The van der Waals surface area contributed by atoms with Crippen LogP contribution in [0, 0.1) is 19.8 Å². The molecule has 1 rings (SSSR count). The highest BCUT2D eigenvalue weighted by Crippen LogP contribution is 2.10. The Morgan fingerprint density at radius 1 is 1.32 bits per heavy atom. The highest BCUT2D eigenvalue weighted by molar-refractivity contribution is 7.09. The first-order valence-electron chi connectivity index (χ1n) is 8.47. The third-order valence-electron chi connectivity index (χ3n) is 3.68. The third-order valence-corrected chi connectivity index (χ3v) is 4.78. The van der Waals surface area contributed by atoms with Crippen molar-refractivity contribution in [2.24, 2.45) is 10.9 Å². The summed E-state index contributed by atoms with van der Waals surface area (Å²) in [4.78, 5) is 30.2. The Morgan fingerprint density at radius 3 is 2.56 bits per heavy atom. The number of carbonyl (C=O) groups is 2. The molecule has 0 unspecified atom stereocenters. The van der Waals surface area contributed by atoms with Crippen LogP contribution in [-0.2, 0) is 20.8 Å². The van der Waals surface area contributed by atoms with E-state index in [-0.39, 0.29) is 12.5 Å². The van der Waals surface area contributed by atoms with Crippen LogP contribution in [0.4, 0.5) is 4.79 Å². The molecule has 2 amide bonds. The maximum atomic E-state index is 12.3. The summed E-state index contributed by atoms with van der Waals surface area (Å²) in [6.07, 6.45) is 0.506. The quantitative estimate of drug-likeness (QED) is 0.712. The van der Waals surface area contributed by atoms with Crippen molar-refractivity contribution in [3.63, 3.8) is 0 Å². The predicted molar refractivity (Wildman–Crippen MR) is 97.6 cm³/mol. The first kappa shape index (κ1) is 21.4. The van der Waals surface area contributed by atoms with Crippen LogP contribution in [0.25, 0.3) is 0 Å². The van der Waals surface area contributed by atoms with Crippen molar-refractivity contribution in [3.8, 4) is 0 Å². The number of hydrogen-bond donors (Lipinski definition) is 1. The van der Waals surface area contributed by atoms with E-state index in [9.17, 15) is 9.59 Å². The maximum Gasteiger partial charge on any atom is 0.344 e. The predicted octanol–water partition coefficient (Wildman–Crippen LogP) is 2.40. The molecule has 1 atom stereocenters. The standard InChI is InChI=1S/C17H29N3O4S/c1-7-24-15(21)14(10-11(2)3)18-16(22)19-17-20(8-9-23-6)12(4)13(5)25-17/h11,14H,7-10H2,1-6H3,(H,18,22)/t14-/m1/s1. The highest BCUT2D eigenvalue weighted by Gasteiger charge is 2.23. The Kier molecular flexibility index (Phi) is 8.85. The van der Waals surface area contributed by atoms with Crippen molar-refractivity contribution in [3.05, 3.63) is 15.4 Å². The Morgan fingerprint density at radius 2 is 2.00 bits per heavy atom. The van der Waals surface area contributed by atoms with Crippen LogP contribution in [-0.4, -0.2) is 42.9 Å². The number of carbonyl (C=O) groups excluding carboxylic acids is 2. The first-order chi connectivity index (χ1) is 11.8. The lowest BCUT2D eigenvalue weighted by Crippen LogP contribution is -2.42. The van der Waals surface area contributed by atoms with Crippen molar-refractivity contribution in [1.29, 1.82) is 0 Å². The molecule has 0 saturated carbocycles. The highest BCUT2D eigenvalue weighted by atomic mass is 32.1. The van der Waals surface area contributed by atoms with E-state index >= 15 is 0 Å². The van der Waals surface area contributed by atoms with Gasteiger partial charge in [0, 0.05) is 24.2 Å². The number of aromatic nitrogens is 1. The lowest BCUT2D eigenvalue weighted by molar-refractivity contribution is -0.145. The Labute approximate surface area is 153 Å². The van der Waals surface area contributed by atoms with Crippen molar-refractivity contribution in [2.45, 2.75) is 53.6 Å². The largest absolute Gasteiger partial charge is 0.464 e. The van der Waals surface area contributed by atoms with E-state index in [1.807, 2.05) is 32.3 Å². The number of rotatable bonds is 8. The molecule has 25 heavy (non-hydrogen) atoms. The van der Waals surface area contributed by atoms with Gasteiger partial charge in [-0.3, -0.25) is 0 Å². The molecule has 0 saturated heterocycles. The van der Waals surface area contributed by atoms with Crippen LogP contribution in [0.2, 0.25) is 0 Å². The summed E-state index contributed by atoms with van der Waals surface area (Å²) in [7, 11) is 1.63. The van der Waals surface area contributed by atoms with Gasteiger partial charge in [-0.2, -0.15) is 4.99 Å². The molecule has 0 radical (unpaired) electrons. The second kappa shape index (κ2) is 10.4. The lowest BCUT2D eigenvalue weighted by Gasteiger charge is -2.17. The van der Waals surface area contributed by atoms with Gasteiger partial charge in [0.25, 0.3) is 0 Å². The number of thiazole rings is 1. The number of urea groups is 1. The number of methoxy groups -OCH3 is 1. The zero-order valence-corrected chi connectivity index (χ0v) is 16.7. The van der Waals surface area contributed by atoms with Crippen LogP contribution in [0.5, 0.6) is 0 Å². The van der Waals surface area contributed by atoms with Crippen LogP contribution in [0.15, 0.2) is 4.99 Å². The van der Waals surface area contributed by atoms with Crippen LogP contribution in [0.1, 0.15) is 37.8 Å². The summed E-state index contributed by atoms with van der Waals surface area (Å²) >= 11 is 1.44. The number of nitrogens with zero attached hydrogens (tertiary/aromatic N) is 2. The van der Waals surface area contributed by atoms with E-state index in [4.69, 9.17) is 9.47 Å². The van der Waals surface area contributed by atoms with Gasteiger partial charge in [-0.05, 0) is 33.1 Å². The van der Waals surface area contributed by atoms with E-state index in [0.717, 1.165) is 10.6 Å². The summed E-state index contributed by atoms with van der Waals surface area (Å²) in [5, 5.41) is 2.68. The number of esters is 1. The Balaban J connectivity index is 3.00. The van der Waals surface area contributed by atoms with Gasteiger partial charge in [-0.25, -0.2) is 9.59 Å². The summed E-state index contributed by atoms with van der Waals surface area (Å²) in [5.41, 5.74) is 1.05. The number of ether oxygens (including phenoxy) is 2. The Hall–Kier alpha value is -1.67. The van der Waals surface area contributed by atoms with Crippen molar-refractivity contribution in [2.75, 3.05) is 20.3 Å². The van der Waals surface area contributed by atoms with Crippen molar-refractivity contribution in [1.82, 2.24) is 9.88 Å². The summed E-state index contributed by atoms with van der Waals surface area (Å²) < 4.78 is 12.1. The summed E-state index contributed by atoms with van der Waals surface area (Å²) in [5.74, 6) is -0.182. The minimum absolute atomic E-state index is 0.243. The van der Waals surface area contributed by atoms with Gasteiger partial charge in [0.2, 0.25) is 0 Å². The fourth-order valence-electron chi connectivity index (χ4n) is 2.33. The number of hydrogen-bond acceptors (Lipinski definition) is 5.